The molecule has 0 aliphatic carbocycles. The summed E-state index contributed by atoms with van der Waals surface area (Å²) in [6.45, 7) is 0. The molecule has 1 aliphatic heterocycles. The Labute approximate surface area is 114 Å². The van der Waals surface area contributed by atoms with Gasteiger partial charge in [-0.1, -0.05) is 42.5 Å². The van der Waals surface area contributed by atoms with Crippen molar-refractivity contribution in [1.29, 1.82) is 0 Å². The number of nitrogens with one attached hydrogen (secondary N) is 2. The summed E-state index contributed by atoms with van der Waals surface area (Å²) >= 11 is 0. The highest BCUT2D eigenvalue weighted by molar-refractivity contribution is 5.95. The predicted octanol–water partition coefficient (Wildman–Crippen LogP) is 2.16. The minimum absolute atomic E-state index is 0.105. The average molecular weight is 268 g/mol. The van der Waals surface area contributed by atoms with E-state index in [1.165, 1.54) is 6.08 Å². The molecule has 0 aromatic heterocycles. The van der Waals surface area contributed by atoms with E-state index < -0.39 is 18.0 Å². The molecule has 2 amide bonds. The summed E-state index contributed by atoms with van der Waals surface area (Å²) in [5.74, 6) is -1.15. The molecule has 2 aromatic rings. The molecule has 0 unspecified atom stereocenters. The third kappa shape index (κ3) is 2.09. The maximum atomic E-state index is 11.6. The molecule has 3 rings (SSSR count). The molecular formula is C15H12N2O3. The third-order valence-electron chi connectivity index (χ3n) is 3.26. The molecule has 0 saturated heterocycles. The van der Waals surface area contributed by atoms with Gasteiger partial charge in [-0.15, -0.1) is 0 Å². The molecule has 1 heterocycles. The van der Waals surface area contributed by atoms with Crippen LogP contribution in [0.1, 0.15) is 11.6 Å². The lowest BCUT2D eigenvalue weighted by molar-refractivity contribution is -0.133. The van der Waals surface area contributed by atoms with Gasteiger partial charge in [0.1, 0.15) is 5.70 Å². The molecule has 0 radical (unpaired) electrons. The van der Waals surface area contributed by atoms with Crippen LogP contribution in [0.15, 0.2) is 54.2 Å². The van der Waals surface area contributed by atoms with E-state index in [2.05, 4.69) is 10.6 Å². The molecule has 0 spiro atoms. The molecule has 0 bridgehead atoms. The zero-order valence-corrected chi connectivity index (χ0v) is 10.5. The molecule has 5 heteroatoms. The number of hydrogen-bond donors (Lipinski definition) is 3. The first kappa shape index (κ1) is 12.2. The second-order valence-electron chi connectivity index (χ2n) is 4.53. The lowest BCUT2D eigenvalue weighted by Crippen LogP contribution is -2.43. The third-order valence-corrected chi connectivity index (χ3v) is 3.26. The molecule has 20 heavy (non-hydrogen) atoms. The molecule has 1 atom stereocenters. The van der Waals surface area contributed by atoms with Crippen LogP contribution in [0.5, 0.6) is 0 Å². The van der Waals surface area contributed by atoms with E-state index in [0.29, 0.717) is 0 Å². The maximum absolute atomic E-state index is 11.6. The summed E-state index contributed by atoms with van der Waals surface area (Å²) in [6.07, 6.45) is 1.51. The van der Waals surface area contributed by atoms with E-state index in [1.54, 1.807) is 0 Å². The summed E-state index contributed by atoms with van der Waals surface area (Å²) in [4.78, 5) is 22.6. The van der Waals surface area contributed by atoms with Crippen LogP contribution in [0.2, 0.25) is 0 Å². The number of rotatable bonds is 2. The molecule has 0 fully saturated rings. The lowest BCUT2D eigenvalue weighted by atomic mass is 9.97. The zero-order valence-electron chi connectivity index (χ0n) is 10.5. The Bertz CT molecular complexity index is 731. The highest BCUT2D eigenvalue weighted by Gasteiger charge is 2.24. The Morgan fingerprint density at radius 1 is 1.10 bits per heavy atom. The number of carbonyl (C=O) groups excluding carboxylic acids is 1. The molecule has 100 valence electrons. The molecule has 5 nitrogen and oxygen atoms in total. The average Bonchev–Trinajstić information content (AvgIpc) is 2.46. The molecule has 3 N–H and O–H groups in total. The first-order chi connectivity index (χ1) is 9.65. The standard InChI is InChI=1S/C15H12N2O3/c18-14(19)13-8-12(16-15(20)17-13)11-7-3-5-9-4-1-2-6-10(9)11/h1-8,12H,(H,18,19)(H2,16,17,20)/t12-/m0/s1. The van der Waals surface area contributed by atoms with Crippen molar-refractivity contribution in [3.63, 3.8) is 0 Å². The topological polar surface area (TPSA) is 78.4 Å². The van der Waals surface area contributed by atoms with Gasteiger partial charge in [-0.3, -0.25) is 0 Å². The Morgan fingerprint density at radius 3 is 2.65 bits per heavy atom. The number of aliphatic carboxylic acids is 1. The minimum Gasteiger partial charge on any atom is -0.477 e. The van der Waals surface area contributed by atoms with Crippen LogP contribution in [-0.4, -0.2) is 17.1 Å². The number of hydrogen-bond acceptors (Lipinski definition) is 2. The van der Waals surface area contributed by atoms with Crippen LogP contribution < -0.4 is 10.6 Å². The van der Waals surface area contributed by atoms with Crippen LogP contribution >= 0.6 is 0 Å². The van der Waals surface area contributed by atoms with Crippen LogP contribution in [0.4, 0.5) is 4.79 Å². The first-order valence-electron chi connectivity index (χ1n) is 6.15. The lowest BCUT2D eigenvalue weighted by Gasteiger charge is -2.23. The van der Waals surface area contributed by atoms with Crippen molar-refractivity contribution in [2.24, 2.45) is 0 Å². The summed E-state index contributed by atoms with van der Waals surface area (Å²) in [6, 6.07) is 12.6. The quantitative estimate of drug-likeness (QED) is 0.781. The number of carboxylic acid groups (broad SMARTS) is 1. The number of fused-ring (bicyclic) bond motifs is 1. The van der Waals surface area contributed by atoms with E-state index in [1.807, 2.05) is 42.5 Å². The van der Waals surface area contributed by atoms with Gasteiger partial charge in [0.2, 0.25) is 0 Å². The normalized spacial score (nSPS) is 18.1. The van der Waals surface area contributed by atoms with E-state index in [0.717, 1.165) is 16.3 Å². The molecular weight excluding hydrogens is 256 g/mol. The SMILES string of the molecule is O=C1NC(C(=O)O)=C[C@@H](c2cccc3ccccc23)N1. The Hall–Kier alpha value is -2.82. The summed E-state index contributed by atoms with van der Waals surface area (Å²) in [5.41, 5.74) is 0.767. The fourth-order valence-electron chi connectivity index (χ4n) is 2.36. The van der Waals surface area contributed by atoms with Crippen molar-refractivity contribution >= 4 is 22.8 Å². The minimum atomic E-state index is -1.15. The number of urea groups is 1. The number of amides is 2. The van der Waals surface area contributed by atoms with Crippen molar-refractivity contribution in [1.82, 2.24) is 10.6 Å². The van der Waals surface area contributed by atoms with Crippen molar-refractivity contribution in [2.75, 3.05) is 0 Å². The smallest absolute Gasteiger partial charge is 0.352 e. The van der Waals surface area contributed by atoms with Gasteiger partial charge in [0.25, 0.3) is 0 Å². The summed E-state index contributed by atoms with van der Waals surface area (Å²) < 4.78 is 0. The number of carboxylic acids is 1. The Balaban J connectivity index is 2.13. The van der Waals surface area contributed by atoms with Crippen LogP contribution in [0, 0.1) is 0 Å². The Morgan fingerprint density at radius 2 is 1.85 bits per heavy atom. The fraction of sp³-hybridized carbons (Fsp3) is 0.0667. The zero-order chi connectivity index (χ0) is 14.1. The van der Waals surface area contributed by atoms with Gasteiger partial charge >= 0.3 is 12.0 Å². The van der Waals surface area contributed by atoms with Gasteiger partial charge in [0.05, 0.1) is 6.04 Å². The largest absolute Gasteiger partial charge is 0.477 e. The molecule has 2 aromatic carbocycles. The number of benzene rings is 2. The van der Waals surface area contributed by atoms with Gasteiger partial charge in [-0.25, -0.2) is 9.59 Å². The predicted molar refractivity (Wildman–Crippen MR) is 74.1 cm³/mol. The van der Waals surface area contributed by atoms with Crippen molar-refractivity contribution in [3.05, 3.63) is 59.8 Å². The van der Waals surface area contributed by atoms with Crippen LogP contribution in [0.3, 0.4) is 0 Å². The molecule has 1 aliphatic rings. The first-order valence-corrected chi connectivity index (χ1v) is 6.15. The Kier molecular flexibility index (Phi) is 2.87. The maximum Gasteiger partial charge on any atom is 0.352 e. The van der Waals surface area contributed by atoms with Gasteiger partial charge in [-0.2, -0.15) is 0 Å². The van der Waals surface area contributed by atoms with Gasteiger partial charge in [0, 0.05) is 0 Å². The van der Waals surface area contributed by atoms with Crippen molar-refractivity contribution in [2.45, 2.75) is 6.04 Å². The monoisotopic (exact) mass is 268 g/mol. The summed E-state index contributed by atoms with van der Waals surface area (Å²) in [5, 5.41) is 16.1. The fourth-order valence-corrected chi connectivity index (χ4v) is 2.36. The second kappa shape index (κ2) is 4.70. The van der Waals surface area contributed by atoms with Crippen LogP contribution in [0.25, 0.3) is 10.8 Å². The summed E-state index contributed by atoms with van der Waals surface area (Å²) in [7, 11) is 0. The van der Waals surface area contributed by atoms with E-state index in [-0.39, 0.29) is 5.70 Å². The number of carbonyl (C=O) groups is 2. The van der Waals surface area contributed by atoms with Gasteiger partial charge in [0.15, 0.2) is 0 Å². The van der Waals surface area contributed by atoms with E-state index in [4.69, 9.17) is 5.11 Å². The second-order valence-corrected chi connectivity index (χ2v) is 4.53. The van der Waals surface area contributed by atoms with Crippen LogP contribution in [-0.2, 0) is 4.79 Å². The van der Waals surface area contributed by atoms with Gasteiger partial charge < -0.3 is 15.7 Å². The van der Waals surface area contributed by atoms with Crippen molar-refractivity contribution < 1.29 is 14.7 Å². The van der Waals surface area contributed by atoms with Crippen molar-refractivity contribution in [3.8, 4) is 0 Å². The highest BCUT2D eigenvalue weighted by Crippen LogP contribution is 2.26. The highest BCUT2D eigenvalue weighted by atomic mass is 16.4. The van der Waals surface area contributed by atoms with Gasteiger partial charge in [-0.05, 0) is 22.4 Å². The van der Waals surface area contributed by atoms with E-state index >= 15 is 0 Å². The molecule has 0 saturated carbocycles. The van der Waals surface area contributed by atoms with E-state index in [9.17, 15) is 9.59 Å².